The second-order valence-corrected chi connectivity index (χ2v) is 6.52. The standard InChI is InChI=1S/C18H18OS/c1-13(14-7-3-2-4-8-14)20-18-12-16-10-6-5-9-15(16)11-17(18)19/h2-10,17-19H,1,11-12H2. The number of rotatable bonds is 3. The van der Waals surface area contributed by atoms with Gasteiger partial charge >= 0.3 is 0 Å². The van der Waals surface area contributed by atoms with Crippen LogP contribution in [0.1, 0.15) is 16.7 Å². The third kappa shape index (κ3) is 2.82. The van der Waals surface area contributed by atoms with Crippen LogP contribution in [0.3, 0.4) is 0 Å². The number of aliphatic hydroxyl groups excluding tert-OH is 1. The molecule has 0 fully saturated rings. The summed E-state index contributed by atoms with van der Waals surface area (Å²) in [6.45, 7) is 4.16. The first-order valence-corrected chi connectivity index (χ1v) is 7.78. The van der Waals surface area contributed by atoms with Gasteiger partial charge in [-0.2, -0.15) is 0 Å². The average molecular weight is 282 g/mol. The predicted octanol–water partition coefficient (Wildman–Crippen LogP) is 3.92. The van der Waals surface area contributed by atoms with Crippen LogP contribution in [0.4, 0.5) is 0 Å². The van der Waals surface area contributed by atoms with Gasteiger partial charge in [0.15, 0.2) is 0 Å². The number of fused-ring (bicyclic) bond motifs is 1. The van der Waals surface area contributed by atoms with Gasteiger partial charge in [0.25, 0.3) is 0 Å². The summed E-state index contributed by atoms with van der Waals surface area (Å²) in [4.78, 5) is 1.04. The zero-order valence-electron chi connectivity index (χ0n) is 11.3. The largest absolute Gasteiger partial charge is 0.392 e. The molecule has 1 nitrogen and oxygen atoms in total. The molecule has 0 aliphatic heterocycles. The molecule has 0 aromatic heterocycles. The van der Waals surface area contributed by atoms with E-state index in [1.54, 1.807) is 11.8 Å². The van der Waals surface area contributed by atoms with Crippen molar-refractivity contribution in [2.45, 2.75) is 24.2 Å². The van der Waals surface area contributed by atoms with Gasteiger partial charge in [-0.3, -0.25) is 0 Å². The Bertz CT molecular complexity index is 606. The Morgan fingerprint density at radius 1 is 0.950 bits per heavy atom. The van der Waals surface area contributed by atoms with Crippen molar-refractivity contribution in [3.05, 3.63) is 77.9 Å². The van der Waals surface area contributed by atoms with Crippen LogP contribution < -0.4 is 0 Å². The maximum Gasteiger partial charge on any atom is 0.0705 e. The quantitative estimate of drug-likeness (QED) is 0.921. The highest BCUT2D eigenvalue weighted by molar-refractivity contribution is 8.08. The molecule has 0 heterocycles. The topological polar surface area (TPSA) is 20.2 Å². The van der Waals surface area contributed by atoms with E-state index < -0.39 is 0 Å². The fourth-order valence-corrected chi connectivity index (χ4v) is 3.81. The van der Waals surface area contributed by atoms with E-state index in [9.17, 15) is 5.11 Å². The van der Waals surface area contributed by atoms with Crippen molar-refractivity contribution in [1.29, 1.82) is 0 Å². The van der Waals surface area contributed by atoms with Crippen LogP contribution in [0.25, 0.3) is 4.91 Å². The van der Waals surface area contributed by atoms with E-state index in [4.69, 9.17) is 0 Å². The minimum absolute atomic E-state index is 0.192. The van der Waals surface area contributed by atoms with Crippen LogP contribution in [0, 0.1) is 0 Å². The average Bonchev–Trinajstić information content (AvgIpc) is 2.49. The summed E-state index contributed by atoms with van der Waals surface area (Å²) >= 11 is 1.70. The first kappa shape index (κ1) is 13.5. The van der Waals surface area contributed by atoms with Crippen LogP contribution in [0.2, 0.25) is 0 Å². The third-order valence-corrected chi connectivity index (χ3v) is 5.09. The van der Waals surface area contributed by atoms with Gasteiger partial charge in [0.2, 0.25) is 0 Å². The molecule has 0 amide bonds. The number of hydrogen-bond donors (Lipinski definition) is 1. The van der Waals surface area contributed by atoms with Crippen LogP contribution in [0.15, 0.2) is 61.2 Å². The van der Waals surface area contributed by atoms with E-state index in [1.807, 2.05) is 24.3 Å². The maximum absolute atomic E-state index is 10.3. The van der Waals surface area contributed by atoms with Crippen molar-refractivity contribution < 1.29 is 5.11 Å². The molecule has 0 saturated heterocycles. The van der Waals surface area contributed by atoms with Crippen molar-refractivity contribution in [3.8, 4) is 0 Å². The predicted molar refractivity (Wildman–Crippen MR) is 86.7 cm³/mol. The van der Waals surface area contributed by atoms with E-state index in [2.05, 4.69) is 36.9 Å². The van der Waals surface area contributed by atoms with Crippen molar-refractivity contribution >= 4 is 16.7 Å². The van der Waals surface area contributed by atoms with Gasteiger partial charge in [-0.05, 0) is 29.5 Å². The molecular formula is C18H18OS. The molecule has 0 saturated carbocycles. The van der Waals surface area contributed by atoms with Crippen LogP contribution in [0.5, 0.6) is 0 Å². The van der Waals surface area contributed by atoms with Crippen molar-refractivity contribution in [1.82, 2.24) is 0 Å². The van der Waals surface area contributed by atoms with E-state index in [0.717, 1.165) is 23.3 Å². The lowest BCUT2D eigenvalue weighted by atomic mass is 9.89. The Labute approximate surface area is 124 Å². The van der Waals surface area contributed by atoms with E-state index in [-0.39, 0.29) is 11.4 Å². The summed E-state index contributed by atoms with van der Waals surface area (Å²) in [5, 5.41) is 10.5. The first-order valence-electron chi connectivity index (χ1n) is 6.90. The molecule has 2 aromatic rings. The summed E-state index contributed by atoms with van der Waals surface area (Å²) in [6.07, 6.45) is 1.36. The van der Waals surface area contributed by atoms with Crippen molar-refractivity contribution in [2.75, 3.05) is 0 Å². The van der Waals surface area contributed by atoms with Gasteiger partial charge in [0, 0.05) is 10.2 Å². The van der Waals surface area contributed by atoms with Crippen LogP contribution in [-0.2, 0) is 12.8 Å². The summed E-state index contributed by atoms with van der Waals surface area (Å²) in [5.41, 5.74) is 3.78. The number of benzene rings is 2. The minimum Gasteiger partial charge on any atom is -0.392 e. The van der Waals surface area contributed by atoms with Gasteiger partial charge in [0.05, 0.1) is 6.10 Å². The van der Waals surface area contributed by atoms with Gasteiger partial charge < -0.3 is 5.11 Å². The molecule has 1 aliphatic rings. The molecular weight excluding hydrogens is 264 g/mol. The molecule has 2 aromatic carbocycles. The number of hydrogen-bond acceptors (Lipinski definition) is 2. The first-order chi connectivity index (χ1) is 9.74. The molecule has 1 N–H and O–H groups in total. The van der Waals surface area contributed by atoms with Gasteiger partial charge in [0.1, 0.15) is 0 Å². The number of thioether (sulfide) groups is 1. The maximum atomic E-state index is 10.3. The molecule has 2 heteroatoms. The molecule has 0 radical (unpaired) electrons. The zero-order chi connectivity index (χ0) is 13.9. The summed E-state index contributed by atoms with van der Waals surface area (Å²) < 4.78 is 0. The van der Waals surface area contributed by atoms with Crippen molar-refractivity contribution in [3.63, 3.8) is 0 Å². The zero-order valence-corrected chi connectivity index (χ0v) is 12.1. The van der Waals surface area contributed by atoms with Gasteiger partial charge in [-0.15, -0.1) is 11.8 Å². The Kier molecular flexibility index (Phi) is 3.95. The SMILES string of the molecule is C=C(SC1Cc2ccccc2CC1O)c1ccccc1. The van der Waals surface area contributed by atoms with Crippen molar-refractivity contribution in [2.24, 2.45) is 0 Å². The summed E-state index contributed by atoms with van der Waals surface area (Å²) in [7, 11) is 0. The molecule has 0 spiro atoms. The van der Waals surface area contributed by atoms with E-state index in [1.165, 1.54) is 11.1 Å². The second-order valence-electron chi connectivity index (χ2n) is 5.19. The van der Waals surface area contributed by atoms with Crippen LogP contribution >= 0.6 is 11.8 Å². The summed E-state index contributed by atoms with van der Waals surface area (Å²) in [6, 6.07) is 18.6. The third-order valence-electron chi connectivity index (χ3n) is 3.79. The molecule has 3 rings (SSSR count). The normalized spacial score (nSPS) is 21.2. The Morgan fingerprint density at radius 2 is 1.55 bits per heavy atom. The monoisotopic (exact) mass is 282 g/mol. The summed E-state index contributed by atoms with van der Waals surface area (Å²) in [5.74, 6) is 0. The number of aliphatic hydroxyl groups is 1. The van der Waals surface area contributed by atoms with Gasteiger partial charge in [-0.1, -0.05) is 61.2 Å². The van der Waals surface area contributed by atoms with E-state index in [0.29, 0.717) is 0 Å². The fourth-order valence-electron chi connectivity index (χ4n) is 2.66. The molecule has 2 unspecified atom stereocenters. The minimum atomic E-state index is -0.296. The highest BCUT2D eigenvalue weighted by atomic mass is 32.2. The second kappa shape index (κ2) is 5.86. The molecule has 2 atom stereocenters. The van der Waals surface area contributed by atoms with Crippen LogP contribution in [-0.4, -0.2) is 16.5 Å². The highest BCUT2D eigenvalue weighted by Gasteiger charge is 2.27. The Morgan fingerprint density at radius 3 is 2.25 bits per heavy atom. The lowest BCUT2D eigenvalue weighted by Crippen LogP contribution is -2.32. The molecule has 1 aliphatic carbocycles. The lowest BCUT2D eigenvalue weighted by molar-refractivity contribution is 0.165. The molecule has 102 valence electrons. The smallest absolute Gasteiger partial charge is 0.0705 e. The Hall–Kier alpha value is -1.51. The van der Waals surface area contributed by atoms with Gasteiger partial charge in [-0.25, -0.2) is 0 Å². The fraction of sp³-hybridized carbons (Fsp3) is 0.222. The highest BCUT2D eigenvalue weighted by Crippen LogP contribution is 2.36. The molecule has 0 bridgehead atoms. The molecule has 20 heavy (non-hydrogen) atoms. The Balaban J connectivity index is 1.74. The lowest BCUT2D eigenvalue weighted by Gasteiger charge is -2.29. The van der Waals surface area contributed by atoms with E-state index >= 15 is 0 Å².